The molecule has 1 saturated carbocycles. The number of halogens is 1. The van der Waals surface area contributed by atoms with E-state index in [9.17, 15) is 9.90 Å². The molecule has 1 aromatic carbocycles. The fraction of sp³-hybridized carbons (Fsp3) is 0.533. The molecule has 0 aromatic heterocycles. The smallest absolute Gasteiger partial charge is 0.178 e. The van der Waals surface area contributed by atoms with Crippen LogP contribution < -0.4 is 0 Å². The van der Waals surface area contributed by atoms with Gasteiger partial charge in [-0.05, 0) is 32.0 Å². The highest BCUT2D eigenvalue weighted by Gasteiger charge is 2.27. The molecule has 1 N–H and O–H groups in total. The van der Waals surface area contributed by atoms with Crippen molar-refractivity contribution in [3.8, 4) is 0 Å². The minimum atomic E-state index is -0.321. The van der Waals surface area contributed by atoms with Gasteiger partial charge in [-0.25, -0.2) is 0 Å². The van der Waals surface area contributed by atoms with Crippen LogP contribution in [-0.2, 0) is 0 Å². The fourth-order valence-corrected chi connectivity index (χ4v) is 2.96. The average Bonchev–Trinajstić information content (AvgIpc) is 2.39. The number of likely N-dealkylation sites (N-methyl/N-ethyl adjacent to an activating group) is 1. The predicted octanol–water partition coefficient (Wildman–Crippen LogP) is 2.76. The maximum Gasteiger partial charge on any atom is 0.178 e. The molecule has 0 amide bonds. The summed E-state index contributed by atoms with van der Waals surface area (Å²) in [4.78, 5) is 14.2. The van der Waals surface area contributed by atoms with E-state index in [0.29, 0.717) is 17.1 Å². The zero-order valence-electron chi connectivity index (χ0n) is 11.2. The van der Waals surface area contributed by atoms with Crippen molar-refractivity contribution < 1.29 is 9.90 Å². The SMILES string of the molecule is CN(CC(=O)c1ccccc1Cl)C1CCCCC1O. The molecule has 1 aromatic rings. The van der Waals surface area contributed by atoms with Crippen LogP contribution in [0.5, 0.6) is 0 Å². The van der Waals surface area contributed by atoms with Gasteiger partial charge in [0.25, 0.3) is 0 Å². The number of nitrogens with zero attached hydrogens (tertiary/aromatic N) is 1. The molecule has 0 radical (unpaired) electrons. The van der Waals surface area contributed by atoms with Crippen molar-refractivity contribution in [1.82, 2.24) is 4.90 Å². The first kappa shape index (κ1) is 14.5. The number of hydrogen-bond acceptors (Lipinski definition) is 3. The Balaban J connectivity index is 2.00. The summed E-state index contributed by atoms with van der Waals surface area (Å²) in [6, 6.07) is 7.18. The van der Waals surface area contributed by atoms with Crippen molar-refractivity contribution in [2.24, 2.45) is 0 Å². The van der Waals surface area contributed by atoms with E-state index in [0.717, 1.165) is 25.7 Å². The Hall–Kier alpha value is -0.900. The first-order chi connectivity index (χ1) is 9.09. The molecule has 1 aliphatic rings. The lowest BCUT2D eigenvalue weighted by atomic mass is 9.91. The van der Waals surface area contributed by atoms with Crippen molar-refractivity contribution in [2.45, 2.75) is 37.8 Å². The van der Waals surface area contributed by atoms with Crippen LogP contribution in [0.1, 0.15) is 36.0 Å². The molecule has 1 aliphatic carbocycles. The molecule has 0 bridgehead atoms. The van der Waals surface area contributed by atoms with Gasteiger partial charge in [-0.15, -0.1) is 0 Å². The molecular formula is C15H20ClNO2. The Morgan fingerprint density at radius 2 is 2.05 bits per heavy atom. The van der Waals surface area contributed by atoms with Gasteiger partial charge in [0.15, 0.2) is 5.78 Å². The molecule has 4 heteroatoms. The minimum absolute atomic E-state index is 0.00544. The lowest BCUT2D eigenvalue weighted by molar-refractivity contribution is 0.0322. The van der Waals surface area contributed by atoms with Crippen LogP contribution in [-0.4, -0.2) is 41.5 Å². The van der Waals surface area contributed by atoms with E-state index in [1.807, 2.05) is 24.1 Å². The lowest BCUT2D eigenvalue weighted by Crippen LogP contribution is -2.45. The number of aliphatic hydroxyl groups is 1. The highest BCUT2D eigenvalue weighted by Crippen LogP contribution is 2.23. The monoisotopic (exact) mass is 281 g/mol. The highest BCUT2D eigenvalue weighted by atomic mass is 35.5. The number of carbonyl (C=O) groups is 1. The van der Waals surface area contributed by atoms with Crippen molar-refractivity contribution in [2.75, 3.05) is 13.6 Å². The van der Waals surface area contributed by atoms with E-state index in [1.54, 1.807) is 12.1 Å². The zero-order chi connectivity index (χ0) is 13.8. The van der Waals surface area contributed by atoms with Crippen LogP contribution in [0, 0.1) is 0 Å². The van der Waals surface area contributed by atoms with Crippen LogP contribution in [0.15, 0.2) is 24.3 Å². The van der Waals surface area contributed by atoms with Gasteiger partial charge in [0.05, 0.1) is 17.7 Å². The molecule has 104 valence electrons. The molecule has 1 fully saturated rings. The molecule has 0 heterocycles. The normalized spacial score (nSPS) is 23.6. The van der Waals surface area contributed by atoms with E-state index < -0.39 is 0 Å². The second-order valence-corrected chi connectivity index (χ2v) is 5.64. The Bertz CT molecular complexity index is 450. The third-order valence-corrected chi connectivity index (χ3v) is 4.16. The predicted molar refractivity (Wildman–Crippen MR) is 76.7 cm³/mol. The van der Waals surface area contributed by atoms with Crippen LogP contribution in [0.4, 0.5) is 0 Å². The quantitative estimate of drug-likeness (QED) is 0.863. The van der Waals surface area contributed by atoms with Gasteiger partial charge in [0, 0.05) is 11.6 Å². The third-order valence-electron chi connectivity index (χ3n) is 3.83. The number of hydrogen-bond donors (Lipinski definition) is 1. The summed E-state index contributed by atoms with van der Waals surface area (Å²) in [5.41, 5.74) is 0.557. The summed E-state index contributed by atoms with van der Waals surface area (Å²) in [6.07, 6.45) is 3.65. The number of Topliss-reactive ketones (excluding diaryl/α,β-unsaturated/α-hetero) is 1. The van der Waals surface area contributed by atoms with Crippen LogP contribution >= 0.6 is 11.6 Å². The van der Waals surface area contributed by atoms with Gasteiger partial charge in [-0.2, -0.15) is 0 Å². The Morgan fingerprint density at radius 3 is 2.74 bits per heavy atom. The Labute approximate surface area is 119 Å². The van der Waals surface area contributed by atoms with E-state index in [4.69, 9.17) is 11.6 Å². The molecule has 19 heavy (non-hydrogen) atoms. The second kappa shape index (κ2) is 6.51. The summed E-state index contributed by atoms with van der Waals surface area (Å²) in [6.45, 7) is 0.297. The fourth-order valence-electron chi connectivity index (χ4n) is 2.72. The van der Waals surface area contributed by atoms with Gasteiger partial charge in [0.1, 0.15) is 0 Å². The highest BCUT2D eigenvalue weighted by molar-refractivity contribution is 6.34. The van der Waals surface area contributed by atoms with Gasteiger partial charge in [0.2, 0.25) is 0 Å². The van der Waals surface area contributed by atoms with Gasteiger partial charge in [-0.3, -0.25) is 9.69 Å². The van der Waals surface area contributed by atoms with Crippen LogP contribution in [0.2, 0.25) is 5.02 Å². The molecular weight excluding hydrogens is 262 g/mol. The van der Waals surface area contributed by atoms with Crippen molar-refractivity contribution in [1.29, 1.82) is 0 Å². The van der Waals surface area contributed by atoms with Gasteiger partial charge < -0.3 is 5.11 Å². The van der Waals surface area contributed by atoms with E-state index in [2.05, 4.69) is 0 Å². The summed E-state index contributed by atoms with van der Waals surface area (Å²) in [7, 11) is 1.90. The lowest BCUT2D eigenvalue weighted by Gasteiger charge is -2.34. The van der Waals surface area contributed by atoms with Crippen molar-refractivity contribution in [3.63, 3.8) is 0 Å². The standard InChI is InChI=1S/C15H20ClNO2/c1-17(13-8-4-5-9-14(13)18)10-15(19)11-6-2-3-7-12(11)16/h2-3,6-7,13-14,18H,4-5,8-10H2,1H3. The summed E-state index contributed by atoms with van der Waals surface area (Å²) >= 11 is 6.03. The molecule has 2 unspecified atom stereocenters. The number of aliphatic hydroxyl groups excluding tert-OH is 1. The topological polar surface area (TPSA) is 40.5 Å². The molecule has 2 rings (SSSR count). The summed E-state index contributed by atoms with van der Waals surface area (Å²) in [5.74, 6) is 0.00544. The van der Waals surface area contributed by atoms with Gasteiger partial charge in [-0.1, -0.05) is 36.6 Å². The van der Waals surface area contributed by atoms with E-state index in [-0.39, 0.29) is 17.9 Å². The minimum Gasteiger partial charge on any atom is -0.391 e. The van der Waals surface area contributed by atoms with Crippen molar-refractivity contribution >= 4 is 17.4 Å². The number of ketones is 1. The average molecular weight is 282 g/mol. The first-order valence-electron chi connectivity index (χ1n) is 6.75. The molecule has 2 atom stereocenters. The largest absolute Gasteiger partial charge is 0.391 e. The number of benzene rings is 1. The summed E-state index contributed by atoms with van der Waals surface area (Å²) in [5, 5.41) is 10.5. The van der Waals surface area contributed by atoms with Gasteiger partial charge >= 0.3 is 0 Å². The number of rotatable bonds is 4. The molecule has 0 aliphatic heterocycles. The Morgan fingerprint density at radius 1 is 1.37 bits per heavy atom. The third kappa shape index (κ3) is 3.56. The van der Waals surface area contributed by atoms with Crippen LogP contribution in [0.3, 0.4) is 0 Å². The second-order valence-electron chi connectivity index (χ2n) is 5.24. The van der Waals surface area contributed by atoms with E-state index >= 15 is 0 Å². The Kier molecular flexibility index (Phi) is 4.97. The maximum absolute atomic E-state index is 12.2. The molecule has 0 saturated heterocycles. The molecule has 3 nitrogen and oxygen atoms in total. The molecule has 0 spiro atoms. The van der Waals surface area contributed by atoms with E-state index in [1.165, 1.54) is 0 Å². The first-order valence-corrected chi connectivity index (χ1v) is 7.13. The summed E-state index contributed by atoms with van der Waals surface area (Å²) < 4.78 is 0. The van der Waals surface area contributed by atoms with Crippen molar-refractivity contribution in [3.05, 3.63) is 34.9 Å². The zero-order valence-corrected chi connectivity index (χ0v) is 11.9. The maximum atomic E-state index is 12.2. The number of carbonyl (C=O) groups excluding carboxylic acids is 1. The van der Waals surface area contributed by atoms with Crippen LogP contribution in [0.25, 0.3) is 0 Å².